The Morgan fingerprint density at radius 1 is 1.21 bits per heavy atom. The first kappa shape index (κ1) is 16.5. The van der Waals surface area contributed by atoms with Crippen LogP contribution in [0.5, 0.6) is 0 Å². The van der Waals surface area contributed by atoms with E-state index >= 15 is 0 Å². The van der Waals surface area contributed by atoms with E-state index in [1.165, 1.54) is 17.8 Å². The lowest BCUT2D eigenvalue weighted by atomic mass is 10.1. The van der Waals surface area contributed by atoms with Crippen LogP contribution in [0.25, 0.3) is 11.3 Å². The van der Waals surface area contributed by atoms with Crippen LogP contribution in [-0.2, 0) is 5.75 Å². The molecule has 0 aliphatic rings. The number of halogens is 1. The molecule has 3 rings (SSSR count). The maximum atomic E-state index is 10.8. The number of thioether (sulfide) groups is 1. The van der Waals surface area contributed by atoms with Gasteiger partial charge < -0.3 is 9.52 Å². The summed E-state index contributed by atoms with van der Waals surface area (Å²) in [6.07, 6.45) is 0. The van der Waals surface area contributed by atoms with Crippen molar-refractivity contribution in [1.82, 2.24) is 9.97 Å². The lowest BCUT2D eigenvalue weighted by Crippen LogP contribution is -1.94. The number of aromatic nitrogens is 2. The Balaban J connectivity index is 1.78. The van der Waals surface area contributed by atoms with Crippen LogP contribution in [0.3, 0.4) is 0 Å². The number of aromatic carboxylic acids is 1. The van der Waals surface area contributed by atoms with Gasteiger partial charge in [-0.05, 0) is 37.3 Å². The van der Waals surface area contributed by atoms with Gasteiger partial charge in [-0.25, -0.2) is 14.8 Å². The van der Waals surface area contributed by atoms with E-state index < -0.39 is 5.97 Å². The molecule has 0 amide bonds. The molecule has 0 bridgehead atoms. The van der Waals surface area contributed by atoms with Crippen LogP contribution in [0, 0.1) is 6.92 Å². The molecule has 122 valence electrons. The molecular formula is C17H13ClN2O3S. The van der Waals surface area contributed by atoms with Crippen LogP contribution >= 0.6 is 23.4 Å². The van der Waals surface area contributed by atoms with Crippen LogP contribution in [0.1, 0.15) is 22.0 Å². The van der Waals surface area contributed by atoms with Crippen LogP contribution < -0.4 is 0 Å². The number of carbonyl (C=O) groups is 1. The molecule has 2 aromatic heterocycles. The van der Waals surface area contributed by atoms with Crippen molar-refractivity contribution in [1.29, 1.82) is 0 Å². The largest absolute Gasteiger partial charge is 0.475 e. The summed E-state index contributed by atoms with van der Waals surface area (Å²) in [5.74, 6) is -0.132. The van der Waals surface area contributed by atoms with Crippen molar-refractivity contribution in [2.75, 3.05) is 0 Å². The molecule has 7 heteroatoms. The van der Waals surface area contributed by atoms with Crippen molar-refractivity contribution in [2.24, 2.45) is 0 Å². The molecule has 5 nitrogen and oxygen atoms in total. The SMILES string of the molecule is Cc1cc(-c2ccc(Cl)cc2)nc(SCc2ccc(C(=O)O)o2)n1. The van der Waals surface area contributed by atoms with Gasteiger partial charge >= 0.3 is 5.97 Å². The third kappa shape index (κ3) is 3.96. The lowest BCUT2D eigenvalue weighted by molar-refractivity contribution is 0.0661. The third-order valence-corrected chi connectivity index (χ3v) is 4.31. The Morgan fingerprint density at radius 2 is 1.96 bits per heavy atom. The smallest absolute Gasteiger partial charge is 0.371 e. The Morgan fingerprint density at radius 3 is 2.62 bits per heavy atom. The van der Waals surface area contributed by atoms with E-state index in [0.717, 1.165) is 17.0 Å². The van der Waals surface area contributed by atoms with Gasteiger partial charge in [0.05, 0.1) is 11.4 Å². The Kier molecular flexibility index (Phi) is 4.87. The summed E-state index contributed by atoms with van der Waals surface area (Å²) in [4.78, 5) is 19.8. The summed E-state index contributed by atoms with van der Waals surface area (Å²) < 4.78 is 5.23. The highest BCUT2D eigenvalue weighted by Crippen LogP contribution is 2.25. The minimum absolute atomic E-state index is 0.0717. The summed E-state index contributed by atoms with van der Waals surface area (Å²) in [6.45, 7) is 1.90. The average molecular weight is 361 g/mol. The fourth-order valence-electron chi connectivity index (χ4n) is 2.08. The van der Waals surface area contributed by atoms with Crippen molar-refractivity contribution in [3.05, 3.63) is 64.7 Å². The number of carboxylic acids is 1. The monoisotopic (exact) mass is 360 g/mol. The molecule has 0 saturated carbocycles. The van der Waals surface area contributed by atoms with Crippen molar-refractivity contribution in [3.63, 3.8) is 0 Å². The van der Waals surface area contributed by atoms with E-state index in [1.54, 1.807) is 6.07 Å². The molecule has 3 aromatic rings. The maximum Gasteiger partial charge on any atom is 0.371 e. The second-order valence-corrected chi connectivity index (χ2v) is 6.42. The summed E-state index contributed by atoms with van der Waals surface area (Å²) in [7, 11) is 0. The van der Waals surface area contributed by atoms with E-state index in [1.807, 2.05) is 37.3 Å². The average Bonchev–Trinajstić information content (AvgIpc) is 3.02. The zero-order chi connectivity index (χ0) is 17.1. The Bertz CT molecular complexity index is 878. The summed E-state index contributed by atoms with van der Waals surface area (Å²) in [5, 5.41) is 10.1. The Labute approximate surface area is 147 Å². The molecule has 0 fully saturated rings. The molecule has 0 aliphatic carbocycles. The van der Waals surface area contributed by atoms with Gasteiger partial charge in [0.1, 0.15) is 5.76 Å². The normalized spacial score (nSPS) is 10.8. The molecule has 0 atom stereocenters. The number of hydrogen-bond donors (Lipinski definition) is 1. The van der Waals surface area contributed by atoms with Gasteiger partial charge in [-0.2, -0.15) is 0 Å². The zero-order valence-electron chi connectivity index (χ0n) is 12.7. The van der Waals surface area contributed by atoms with E-state index in [-0.39, 0.29) is 5.76 Å². The topological polar surface area (TPSA) is 76.2 Å². The highest BCUT2D eigenvalue weighted by molar-refractivity contribution is 7.98. The number of benzene rings is 1. The second-order valence-electron chi connectivity index (χ2n) is 5.04. The summed E-state index contributed by atoms with van der Waals surface area (Å²) in [5.41, 5.74) is 2.62. The molecule has 1 N–H and O–H groups in total. The van der Waals surface area contributed by atoms with Gasteiger partial charge in [-0.3, -0.25) is 0 Å². The molecule has 24 heavy (non-hydrogen) atoms. The van der Waals surface area contributed by atoms with Gasteiger partial charge in [-0.1, -0.05) is 35.5 Å². The lowest BCUT2D eigenvalue weighted by Gasteiger charge is -2.05. The molecule has 0 spiro atoms. The quantitative estimate of drug-likeness (QED) is 0.525. The van der Waals surface area contributed by atoms with Crippen LogP contribution in [-0.4, -0.2) is 21.0 Å². The number of nitrogens with zero attached hydrogens (tertiary/aromatic N) is 2. The molecule has 1 aromatic carbocycles. The number of furan rings is 1. The van der Waals surface area contributed by atoms with Gasteiger partial charge in [-0.15, -0.1) is 0 Å². The van der Waals surface area contributed by atoms with Gasteiger partial charge in [0.15, 0.2) is 5.16 Å². The highest BCUT2D eigenvalue weighted by atomic mass is 35.5. The highest BCUT2D eigenvalue weighted by Gasteiger charge is 2.11. The number of rotatable bonds is 5. The molecule has 0 unspecified atom stereocenters. The molecular weight excluding hydrogens is 348 g/mol. The van der Waals surface area contributed by atoms with Crippen LogP contribution in [0.15, 0.2) is 52.0 Å². The van der Waals surface area contributed by atoms with E-state index in [2.05, 4.69) is 9.97 Å². The zero-order valence-corrected chi connectivity index (χ0v) is 14.3. The summed E-state index contributed by atoms with van der Waals surface area (Å²) in [6, 6.07) is 12.4. The second kappa shape index (κ2) is 7.07. The minimum atomic E-state index is -1.08. The van der Waals surface area contributed by atoms with Crippen molar-refractivity contribution in [3.8, 4) is 11.3 Å². The van der Waals surface area contributed by atoms with Crippen molar-refractivity contribution < 1.29 is 14.3 Å². The van der Waals surface area contributed by atoms with Crippen LogP contribution in [0.4, 0.5) is 0 Å². The molecule has 0 radical (unpaired) electrons. The van der Waals surface area contributed by atoms with E-state index in [9.17, 15) is 4.79 Å². The summed E-state index contributed by atoms with van der Waals surface area (Å²) >= 11 is 7.30. The molecule has 0 saturated heterocycles. The standard InChI is InChI=1S/C17H13ClN2O3S/c1-10-8-14(11-2-4-12(18)5-3-11)20-17(19-10)24-9-13-6-7-15(23-13)16(21)22/h2-8H,9H2,1H3,(H,21,22). The fourth-order valence-corrected chi connectivity index (χ4v) is 3.00. The van der Waals surface area contributed by atoms with Gasteiger partial charge in [0, 0.05) is 16.3 Å². The number of carboxylic acid groups (broad SMARTS) is 1. The number of aryl methyl sites for hydroxylation is 1. The van der Waals surface area contributed by atoms with E-state index in [4.69, 9.17) is 21.1 Å². The van der Waals surface area contributed by atoms with Gasteiger partial charge in [0.25, 0.3) is 0 Å². The molecule has 0 aliphatic heterocycles. The molecule has 2 heterocycles. The minimum Gasteiger partial charge on any atom is -0.475 e. The third-order valence-electron chi connectivity index (χ3n) is 3.19. The Hall–Kier alpha value is -2.31. The van der Waals surface area contributed by atoms with Gasteiger partial charge in [0.2, 0.25) is 5.76 Å². The van der Waals surface area contributed by atoms with Crippen LogP contribution in [0.2, 0.25) is 5.02 Å². The maximum absolute atomic E-state index is 10.8. The first-order chi connectivity index (χ1) is 11.5. The fraction of sp³-hybridized carbons (Fsp3) is 0.118. The predicted octanol–water partition coefficient (Wildman–Crippen LogP) is 4.69. The van der Waals surface area contributed by atoms with Crippen molar-refractivity contribution >= 4 is 29.3 Å². The van der Waals surface area contributed by atoms with E-state index in [0.29, 0.717) is 21.7 Å². The first-order valence-corrected chi connectivity index (χ1v) is 8.44. The van der Waals surface area contributed by atoms with Crippen molar-refractivity contribution in [2.45, 2.75) is 17.8 Å². The number of hydrogen-bond acceptors (Lipinski definition) is 5. The first-order valence-electron chi connectivity index (χ1n) is 7.08. The predicted molar refractivity (Wildman–Crippen MR) is 92.4 cm³/mol.